The molecule has 2 rings (SSSR count). The molecule has 0 fully saturated rings. The zero-order valence-corrected chi connectivity index (χ0v) is 11.8. The number of rotatable bonds is 5. The predicted molar refractivity (Wildman–Crippen MR) is 79.7 cm³/mol. The number of nitrogens with two attached hydrogens (primary N) is 1. The summed E-state index contributed by atoms with van der Waals surface area (Å²) in [5, 5.41) is 0.730. The first-order valence-corrected chi connectivity index (χ1v) is 6.74. The number of hydrogen-bond acceptors (Lipinski definition) is 2. The van der Waals surface area contributed by atoms with Gasteiger partial charge in [-0.1, -0.05) is 35.9 Å². The largest absolute Gasteiger partial charge is 0.489 e. The molecule has 2 N–H and O–H groups in total. The normalized spacial score (nSPS) is 10.5. The first kappa shape index (κ1) is 13.9. The van der Waals surface area contributed by atoms with Gasteiger partial charge in [0, 0.05) is 5.02 Å². The van der Waals surface area contributed by atoms with Crippen LogP contribution in [0.1, 0.15) is 16.7 Å². The maximum atomic E-state index is 5.93. The van der Waals surface area contributed by atoms with Gasteiger partial charge in [0.2, 0.25) is 0 Å². The Morgan fingerprint density at radius 2 is 1.84 bits per heavy atom. The molecule has 0 saturated carbocycles. The van der Waals surface area contributed by atoms with Crippen LogP contribution in [-0.2, 0) is 13.0 Å². The number of ether oxygens (including phenoxy) is 1. The highest BCUT2D eigenvalue weighted by molar-refractivity contribution is 6.30. The summed E-state index contributed by atoms with van der Waals surface area (Å²) in [6, 6.07) is 13.9. The second-order valence-electron chi connectivity index (χ2n) is 4.51. The molecule has 0 aliphatic heterocycles. The van der Waals surface area contributed by atoms with Crippen molar-refractivity contribution in [1.29, 1.82) is 0 Å². The van der Waals surface area contributed by atoms with Gasteiger partial charge >= 0.3 is 0 Å². The van der Waals surface area contributed by atoms with Crippen molar-refractivity contribution in [2.75, 3.05) is 6.54 Å². The molecule has 100 valence electrons. The van der Waals surface area contributed by atoms with Crippen LogP contribution >= 0.6 is 11.6 Å². The molecule has 19 heavy (non-hydrogen) atoms. The zero-order valence-electron chi connectivity index (χ0n) is 11.0. The highest BCUT2D eigenvalue weighted by atomic mass is 35.5. The molecular formula is C16H18ClNO. The summed E-state index contributed by atoms with van der Waals surface area (Å²) in [6.07, 6.45) is 0.874. The summed E-state index contributed by atoms with van der Waals surface area (Å²) >= 11 is 5.93. The minimum Gasteiger partial charge on any atom is -0.489 e. The summed E-state index contributed by atoms with van der Waals surface area (Å²) < 4.78 is 5.87. The SMILES string of the molecule is Cc1cc(Cl)ccc1OCc1ccccc1CCN. The third-order valence-corrected chi connectivity index (χ3v) is 3.29. The maximum Gasteiger partial charge on any atom is 0.122 e. The highest BCUT2D eigenvalue weighted by Crippen LogP contribution is 2.23. The lowest BCUT2D eigenvalue weighted by molar-refractivity contribution is 0.303. The third-order valence-electron chi connectivity index (χ3n) is 3.05. The van der Waals surface area contributed by atoms with Gasteiger partial charge in [-0.2, -0.15) is 0 Å². The van der Waals surface area contributed by atoms with E-state index in [2.05, 4.69) is 12.1 Å². The summed E-state index contributed by atoms with van der Waals surface area (Å²) in [5.74, 6) is 0.868. The van der Waals surface area contributed by atoms with Crippen molar-refractivity contribution in [3.8, 4) is 5.75 Å². The minimum atomic E-state index is 0.554. The van der Waals surface area contributed by atoms with Gasteiger partial charge in [-0.3, -0.25) is 0 Å². The van der Waals surface area contributed by atoms with E-state index in [1.165, 1.54) is 11.1 Å². The Morgan fingerprint density at radius 3 is 2.53 bits per heavy atom. The van der Waals surface area contributed by atoms with E-state index < -0.39 is 0 Å². The van der Waals surface area contributed by atoms with Crippen LogP contribution in [0, 0.1) is 6.92 Å². The molecule has 3 heteroatoms. The number of halogens is 1. The Hall–Kier alpha value is -1.51. The van der Waals surface area contributed by atoms with E-state index in [0.717, 1.165) is 22.8 Å². The molecule has 2 nitrogen and oxygen atoms in total. The fourth-order valence-corrected chi connectivity index (χ4v) is 2.25. The van der Waals surface area contributed by atoms with E-state index in [4.69, 9.17) is 22.1 Å². The molecule has 0 amide bonds. The lowest BCUT2D eigenvalue weighted by Crippen LogP contribution is -2.07. The van der Waals surface area contributed by atoms with Gasteiger partial charge in [-0.25, -0.2) is 0 Å². The van der Waals surface area contributed by atoms with Crippen molar-refractivity contribution >= 4 is 11.6 Å². The molecule has 2 aromatic rings. The lowest BCUT2D eigenvalue weighted by Gasteiger charge is -2.12. The average Bonchev–Trinajstić information content (AvgIpc) is 2.40. The molecular weight excluding hydrogens is 258 g/mol. The first-order chi connectivity index (χ1) is 9.20. The van der Waals surface area contributed by atoms with Crippen LogP contribution in [0.4, 0.5) is 0 Å². The molecule has 0 aliphatic carbocycles. The maximum absolute atomic E-state index is 5.93. The molecule has 0 aromatic heterocycles. The second-order valence-corrected chi connectivity index (χ2v) is 4.94. The molecule has 0 spiro atoms. The standard InChI is InChI=1S/C16H18ClNO/c1-12-10-15(17)6-7-16(12)19-11-14-5-3-2-4-13(14)8-9-18/h2-7,10H,8-9,11,18H2,1H3. The number of benzene rings is 2. The van der Waals surface area contributed by atoms with E-state index in [9.17, 15) is 0 Å². The summed E-state index contributed by atoms with van der Waals surface area (Å²) in [7, 11) is 0. The van der Waals surface area contributed by atoms with Crippen molar-refractivity contribution < 1.29 is 4.74 Å². The van der Waals surface area contributed by atoms with Crippen LogP contribution in [0.5, 0.6) is 5.75 Å². The van der Waals surface area contributed by atoms with E-state index >= 15 is 0 Å². The van der Waals surface area contributed by atoms with Crippen molar-refractivity contribution in [1.82, 2.24) is 0 Å². The number of hydrogen-bond donors (Lipinski definition) is 1. The smallest absolute Gasteiger partial charge is 0.122 e. The van der Waals surface area contributed by atoms with Crippen LogP contribution in [0.3, 0.4) is 0 Å². The van der Waals surface area contributed by atoms with Gasteiger partial charge in [0.1, 0.15) is 12.4 Å². The molecule has 0 bridgehead atoms. The van der Waals surface area contributed by atoms with Gasteiger partial charge in [0.05, 0.1) is 0 Å². The second kappa shape index (κ2) is 6.60. The Labute approximate surface area is 119 Å². The molecule has 0 saturated heterocycles. The van der Waals surface area contributed by atoms with Crippen molar-refractivity contribution in [3.05, 3.63) is 64.2 Å². The Morgan fingerprint density at radius 1 is 1.11 bits per heavy atom. The summed E-state index contributed by atoms with van der Waals surface area (Å²) in [4.78, 5) is 0. The van der Waals surface area contributed by atoms with Crippen molar-refractivity contribution in [2.45, 2.75) is 20.0 Å². The molecule has 0 atom stereocenters. The molecule has 0 unspecified atom stereocenters. The highest BCUT2D eigenvalue weighted by Gasteiger charge is 2.04. The topological polar surface area (TPSA) is 35.2 Å². The average molecular weight is 276 g/mol. The van der Waals surface area contributed by atoms with Gasteiger partial charge in [-0.05, 0) is 54.8 Å². The lowest BCUT2D eigenvalue weighted by atomic mass is 10.1. The van der Waals surface area contributed by atoms with Crippen LogP contribution < -0.4 is 10.5 Å². The van der Waals surface area contributed by atoms with Gasteiger partial charge in [-0.15, -0.1) is 0 Å². The van der Waals surface area contributed by atoms with Gasteiger partial charge in [0.15, 0.2) is 0 Å². The quantitative estimate of drug-likeness (QED) is 0.902. The van der Waals surface area contributed by atoms with Crippen molar-refractivity contribution in [2.24, 2.45) is 5.73 Å². The van der Waals surface area contributed by atoms with E-state index in [-0.39, 0.29) is 0 Å². The molecule has 2 aromatic carbocycles. The summed E-state index contributed by atoms with van der Waals surface area (Å²) in [6.45, 7) is 3.20. The fourth-order valence-electron chi connectivity index (χ4n) is 2.03. The number of aryl methyl sites for hydroxylation is 1. The molecule has 0 heterocycles. The van der Waals surface area contributed by atoms with Crippen LogP contribution in [0.25, 0.3) is 0 Å². The van der Waals surface area contributed by atoms with Gasteiger partial charge < -0.3 is 10.5 Å². The Bertz CT molecular complexity index is 554. The van der Waals surface area contributed by atoms with Crippen LogP contribution in [-0.4, -0.2) is 6.54 Å². The van der Waals surface area contributed by atoms with E-state index in [1.54, 1.807) is 0 Å². The monoisotopic (exact) mass is 275 g/mol. The predicted octanol–water partition coefficient (Wildman–Crippen LogP) is 3.73. The van der Waals surface area contributed by atoms with E-state index in [1.807, 2.05) is 37.3 Å². The molecule has 0 aliphatic rings. The van der Waals surface area contributed by atoms with Crippen molar-refractivity contribution in [3.63, 3.8) is 0 Å². The van der Waals surface area contributed by atoms with E-state index in [0.29, 0.717) is 13.2 Å². The Balaban J connectivity index is 2.10. The third kappa shape index (κ3) is 3.72. The zero-order chi connectivity index (χ0) is 13.7. The first-order valence-electron chi connectivity index (χ1n) is 6.36. The Kier molecular flexibility index (Phi) is 4.83. The van der Waals surface area contributed by atoms with Gasteiger partial charge in [0.25, 0.3) is 0 Å². The minimum absolute atomic E-state index is 0.554. The summed E-state index contributed by atoms with van der Waals surface area (Å²) in [5.41, 5.74) is 9.10. The molecule has 0 radical (unpaired) electrons. The fraction of sp³-hybridized carbons (Fsp3) is 0.250. The van der Waals surface area contributed by atoms with Crippen LogP contribution in [0.15, 0.2) is 42.5 Å². The van der Waals surface area contributed by atoms with Crippen LogP contribution in [0.2, 0.25) is 5.02 Å².